The van der Waals surface area contributed by atoms with Crippen LogP contribution < -0.4 is 4.74 Å². The fraction of sp³-hybridized carbons (Fsp3) is 0.739. The Morgan fingerprint density at radius 1 is 0.966 bits per heavy atom. The molecule has 2 aliphatic heterocycles. The van der Waals surface area contributed by atoms with E-state index in [2.05, 4.69) is 42.0 Å². The molecule has 0 unspecified atom stereocenters. The molecule has 2 fully saturated rings. The summed E-state index contributed by atoms with van der Waals surface area (Å²) in [6.07, 6.45) is 10.9. The average Bonchev–Trinajstić information content (AvgIpc) is 2.67. The van der Waals surface area contributed by atoms with Gasteiger partial charge in [0.25, 0.3) is 0 Å². The second-order valence-electron chi connectivity index (χ2n) is 9.35. The maximum atomic E-state index is 6.29. The minimum absolute atomic E-state index is 0. The number of hydrogen-bond acceptors (Lipinski definition) is 3. The Hall–Kier alpha value is -0.190. The number of hydrogen-bond donors (Lipinski definition) is 0. The molecule has 1 aromatic carbocycles. The van der Waals surface area contributed by atoms with Crippen molar-refractivity contribution in [3.05, 3.63) is 29.3 Å². The van der Waals surface area contributed by atoms with E-state index in [-0.39, 0.29) is 37.2 Å². The van der Waals surface area contributed by atoms with Gasteiger partial charge in [-0.1, -0.05) is 32.3 Å². The molecule has 0 N–H and O–H groups in total. The van der Waals surface area contributed by atoms with Crippen molar-refractivity contribution in [1.29, 1.82) is 0 Å². The molecule has 1 saturated heterocycles. The van der Waals surface area contributed by atoms with Crippen LogP contribution in [0.5, 0.6) is 5.75 Å². The van der Waals surface area contributed by atoms with Gasteiger partial charge in [-0.15, -0.1) is 37.2 Å². The van der Waals surface area contributed by atoms with Gasteiger partial charge < -0.3 is 14.5 Å². The van der Waals surface area contributed by atoms with Crippen LogP contribution in [0, 0.1) is 5.41 Å². The molecule has 3 nitrogen and oxygen atoms in total. The zero-order chi connectivity index (χ0) is 18.0. The number of ether oxygens (including phenoxy) is 1. The Balaban J connectivity index is 0.00000140. The number of benzene rings is 1. The third kappa shape index (κ3) is 6.90. The highest BCUT2D eigenvalue weighted by atomic mass is 35.5. The minimum Gasteiger partial charge on any atom is -0.493 e. The maximum absolute atomic E-state index is 6.29. The third-order valence-corrected chi connectivity index (χ3v) is 7.06. The Labute approximate surface area is 196 Å². The summed E-state index contributed by atoms with van der Waals surface area (Å²) in [5.74, 6) is 1.06. The van der Waals surface area contributed by atoms with Gasteiger partial charge in [0.1, 0.15) is 5.75 Å². The highest BCUT2D eigenvalue weighted by Gasteiger charge is 2.33. The van der Waals surface area contributed by atoms with Crippen LogP contribution >= 0.6 is 37.2 Å². The van der Waals surface area contributed by atoms with Gasteiger partial charge in [-0.25, -0.2) is 0 Å². The van der Waals surface area contributed by atoms with E-state index in [1.54, 1.807) is 0 Å². The van der Waals surface area contributed by atoms with Crippen molar-refractivity contribution in [2.45, 2.75) is 70.9 Å². The predicted octanol–water partition coefficient (Wildman–Crippen LogP) is 5.75. The zero-order valence-corrected chi connectivity index (χ0v) is 20.5. The Morgan fingerprint density at radius 3 is 2.34 bits per heavy atom. The van der Waals surface area contributed by atoms with Gasteiger partial charge in [-0.05, 0) is 75.5 Å². The maximum Gasteiger partial charge on any atom is 0.119 e. The van der Waals surface area contributed by atoms with Gasteiger partial charge in [0, 0.05) is 24.5 Å². The highest BCUT2D eigenvalue weighted by Crippen LogP contribution is 2.35. The molecule has 0 bridgehead atoms. The SMILES string of the molecule is CN1CCc2ccc(OCC3(C)CCN(C4CCCCC4)CC3)cc2C1.Cl.Cl.Cl. The van der Waals surface area contributed by atoms with E-state index in [0.717, 1.165) is 24.9 Å². The summed E-state index contributed by atoms with van der Waals surface area (Å²) in [6, 6.07) is 7.62. The molecule has 29 heavy (non-hydrogen) atoms. The van der Waals surface area contributed by atoms with Crippen molar-refractivity contribution < 1.29 is 4.74 Å². The number of halogens is 3. The van der Waals surface area contributed by atoms with E-state index in [9.17, 15) is 0 Å². The molecule has 0 aromatic heterocycles. The lowest BCUT2D eigenvalue weighted by molar-refractivity contribution is 0.0384. The van der Waals surface area contributed by atoms with Gasteiger partial charge in [0.2, 0.25) is 0 Å². The molecule has 1 aromatic rings. The molecule has 3 aliphatic rings. The molecule has 1 aliphatic carbocycles. The van der Waals surface area contributed by atoms with Crippen molar-refractivity contribution in [2.75, 3.05) is 33.3 Å². The number of likely N-dealkylation sites (N-methyl/N-ethyl adjacent to an activating group) is 1. The van der Waals surface area contributed by atoms with Gasteiger partial charge in [0.05, 0.1) is 6.61 Å². The van der Waals surface area contributed by atoms with Crippen LogP contribution in [0.25, 0.3) is 0 Å². The van der Waals surface area contributed by atoms with Crippen LogP contribution in [0.3, 0.4) is 0 Å². The molecule has 0 atom stereocenters. The monoisotopic (exact) mass is 464 g/mol. The molecule has 0 radical (unpaired) electrons. The van der Waals surface area contributed by atoms with Crippen molar-refractivity contribution >= 4 is 37.2 Å². The largest absolute Gasteiger partial charge is 0.493 e. The molecule has 0 spiro atoms. The number of fused-ring (bicyclic) bond motifs is 1. The number of nitrogens with zero attached hydrogens (tertiary/aromatic N) is 2. The second-order valence-corrected chi connectivity index (χ2v) is 9.35. The summed E-state index contributed by atoms with van der Waals surface area (Å²) < 4.78 is 6.29. The quantitative estimate of drug-likeness (QED) is 0.562. The topological polar surface area (TPSA) is 15.7 Å². The van der Waals surface area contributed by atoms with Gasteiger partial charge in [-0.3, -0.25) is 0 Å². The van der Waals surface area contributed by atoms with Crippen LogP contribution in [-0.4, -0.2) is 49.1 Å². The van der Waals surface area contributed by atoms with Crippen molar-refractivity contribution in [3.8, 4) is 5.75 Å². The molecule has 4 rings (SSSR count). The molecular formula is C23H39Cl3N2O. The summed E-state index contributed by atoms with van der Waals surface area (Å²) >= 11 is 0. The summed E-state index contributed by atoms with van der Waals surface area (Å²) in [7, 11) is 2.21. The van der Waals surface area contributed by atoms with Crippen LogP contribution in [0.15, 0.2) is 18.2 Å². The number of likely N-dealkylation sites (tertiary alicyclic amines) is 1. The zero-order valence-electron chi connectivity index (χ0n) is 18.0. The van der Waals surface area contributed by atoms with E-state index in [1.165, 1.54) is 82.1 Å². The van der Waals surface area contributed by atoms with Crippen molar-refractivity contribution in [2.24, 2.45) is 5.41 Å². The first-order valence-corrected chi connectivity index (χ1v) is 10.8. The van der Waals surface area contributed by atoms with E-state index in [0.29, 0.717) is 5.41 Å². The van der Waals surface area contributed by atoms with Crippen LogP contribution in [0.1, 0.15) is 63.0 Å². The minimum atomic E-state index is 0. The Bertz CT molecular complexity index is 614. The van der Waals surface area contributed by atoms with Crippen LogP contribution in [0.4, 0.5) is 0 Å². The summed E-state index contributed by atoms with van der Waals surface area (Å²) in [5, 5.41) is 0. The summed E-state index contributed by atoms with van der Waals surface area (Å²) in [6.45, 7) is 8.04. The fourth-order valence-corrected chi connectivity index (χ4v) is 5.04. The molecule has 1 saturated carbocycles. The van der Waals surface area contributed by atoms with Crippen molar-refractivity contribution in [3.63, 3.8) is 0 Å². The Kier molecular flexibility index (Phi) is 11.1. The van der Waals surface area contributed by atoms with Crippen LogP contribution in [0.2, 0.25) is 0 Å². The molecule has 2 heterocycles. The molecule has 168 valence electrons. The third-order valence-electron chi connectivity index (χ3n) is 7.06. The van der Waals surface area contributed by atoms with Crippen LogP contribution in [-0.2, 0) is 13.0 Å². The summed E-state index contributed by atoms with van der Waals surface area (Å²) in [4.78, 5) is 5.17. The lowest BCUT2D eigenvalue weighted by Crippen LogP contribution is -2.46. The van der Waals surface area contributed by atoms with Gasteiger partial charge >= 0.3 is 0 Å². The lowest BCUT2D eigenvalue weighted by atomic mass is 9.80. The van der Waals surface area contributed by atoms with E-state index >= 15 is 0 Å². The van der Waals surface area contributed by atoms with Gasteiger partial charge in [0.15, 0.2) is 0 Å². The number of rotatable bonds is 4. The smallest absolute Gasteiger partial charge is 0.119 e. The fourth-order valence-electron chi connectivity index (χ4n) is 5.04. The molecular weight excluding hydrogens is 427 g/mol. The highest BCUT2D eigenvalue weighted by molar-refractivity contribution is 5.86. The van der Waals surface area contributed by atoms with E-state index in [1.807, 2.05) is 0 Å². The first-order chi connectivity index (χ1) is 12.6. The molecule has 6 heteroatoms. The standard InChI is InChI=1S/C23H36N2O.3ClH/c1-23(11-14-25(15-12-23)21-6-4-3-5-7-21)18-26-22-9-8-19-10-13-24(2)17-20(19)16-22;;;/h8-9,16,21H,3-7,10-15,17-18H2,1-2H3;3*1H. The first-order valence-electron chi connectivity index (χ1n) is 10.8. The van der Waals surface area contributed by atoms with E-state index in [4.69, 9.17) is 4.74 Å². The lowest BCUT2D eigenvalue weighted by Gasteiger charge is -2.43. The average molecular weight is 466 g/mol. The second kappa shape index (κ2) is 12.0. The first kappa shape index (κ1) is 26.8. The summed E-state index contributed by atoms with van der Waals surface area (Å²) in [5.41, 5.74) is 3.29. The normalized spacial score (nSPS) is 22.4. The van der Waals surface area contributed by atoms with E-state index < -0.39 is 0 Å². The number of piperidine rings is 1. The Morgan fingerprint density at radius 2 is 1.66 bits per heavy atom. The molecule has 0 amide bonds. The van der Waals surface area contributed by atoms with Crippen molar-refractivity contribution in [1.82, 2.24) is 9.80 Å². The van der Waals surface area contributed by atoms with Gasteiger partial charge in [-0.2, -0.15) is 0 Å². The predicted molar refractivity (Wildman–Crippen MR) is 130 cm³/mol.